The number of carbonyl (C=O) groups excluding carboxylic acids is 2. The standard InChI is InChI=1S/C20H22FN5O2S/c1-11(22)7-18(29)26-15-10-16(14(21)9-13(15)19(23)27)25-17(20(24)28)8-12-5-3-2-4-6-12/h2-7,9-10,17,22,25-26,29H,8H2,1H3,(H2,23,27)(H2,24,28)/b18-7-,22-11?. The molecular formula is C20H22FN5O2S. The molecular weight excluding hydrogens is 393 g/mol. The van der Waals surface area contributed by atoms with E-state index < -0.39 is 23.7 Å². The molecule has 0 heterocycles. The number of anilines is 2. The van der Waals surface area contributed by atoms with Gasteiger partial charge in [0.25, 0.3) is 5.91 Å². The minimum absolute atomic E-state index is 0.0371. The summed E-state index contributed by atoms with van der Waals surface area (Å²) >= 11 is 4.19. The van der Waals surface area contributed by atoms with Crippen LogP contribution in [0.5, 0.6) is 0 Å². The fraction of sp³-hybridized carbons (Fsp3) is 0.150. The van der Waals surface area contributed by atoms with E-state index in [0.717, 1.165) is 11.6 Å². The fourth-order valence-corrected chi connectivity index (χ4v) is 2.94. The monoisotopic (exact) mass is 415 g/mol. The van der Waals surface area contributed by atoms with Crippen molar-refractivity contribution in [2.75, 3.05) is 10.6 Å². The molecule has 29 heavy (non-hydrogen) atoms. The Labute approximate surface area is 173 Å². The maximum absolute atomic E-state index is 14.6. The van der Waals surface area contributed by atoms with Crippen LogP contribution in [-0.2, 0) is 11.2 Å². The molecule has 0 fully saturated rings. The lowest BCUT2D eigenvalue weighted by molar-refractivity contribution is -0.118. The molecule has 0 aliphatic carbocycles. The highest BCUT2D eigenvalue weighted by atomic mass is 32.1. The number of thiol groups is 1. The van der Waals surface area contributed by atoms with Gasteiger partial charge in [0, 0.05) is 12.1 Å². The highest BCUT2D eigenvalue weighted by Gasteiger charge is 2.20. The number of primary amides is 2. The van der Waals surface area contributed by atoms with Crippen molar-refractivity contribution in [3.05, 3.63) is 70.5 Å². The first-order chi connectivity index (χ1) is 13.7. The predicted molar refractivity (Wildman–Crippen MR) is 116 cm³/mol. The van der Waals surface area contributed by atoms with Crippen molar-refractivity contribution < 1.29 is 14.0 Å². The number of nitrogens with two attached hydrogens (primary N) is 2. The SMILES string of the molecule is CC(=N)/C=C(\S)Nc1cc(NC(Cc2ccccc2)C(N)=O)c(F)cc1C(N)=O. The van der Waals surface area contributed by atoms with E-state index in [9.17, 15) is 14.0 Å². The molecule has 2 amide bonds. The van der Waals surface area contributed by atoms with Gasteiger partial charge in [0.15, 0.2) is 0 Å². The number of nitrogens with one attached hydrogen (secondary N) is 3. The van der Waals surface area contributed by atoms with Crippen LogP contribution in [0.25, 0.3) is 0 Å². The zero-order valence-corrected chi connectivity index (χ0v) is 16.6. The highest BCUT2D eigenvalue weighted by molar-refractivity contribution is 7.84. The van der Waals surface area contributed by atoms with Gasteiger partial charge >= 0.3 is 0 Å². The van der Waals surface area contributed by atoms with Gasteiger partial charge in [-0.2, -0.15) is 0 Å². The molecule has 1 unspecified atom stereocenters. The quantitative estimate of drug-likeness (QED) is 0.277. The van der Waals surface area contributed by atoms with E-state index in [0.29, 0.717) is 0 Å². The largest absolute Gasteiger partial charge is 0.371 e. The second kappa shape index (κ2) is 9.74. The van der Waals surface area contributed by atoms with E-state index in [1.165, 1.54) is 12.1 Å². The molecule has 1 atom stereocenters. The topological polar surface area (TPSA) is 134 Å². The van der Waals surface area contributed by atoms with Gasteiger partial charge in [-0.25, -0.2) is 4.39 Å². The minimum atomic E-state index is -0.881. The number of benzene rings is 2. The summed E-state index contributed by atoms with van der Waals surface area (Å²) in [6, 6.07) is 10.5. The van der Waals surface area contributed by atoms with Crippen molar-refractivity contribution in [3.63, 3.8) is 0 Å². The van der Waals surface area contributed by atoms with E-state index in [-0.39, 0.29) is 34.1 Å². The highest BCUT2D eigenvalue weighted by Crippen LogP contribution is 2.27. The third-order valence-corrected chi connectivity index (χ3v) is 4.19. The maximum atomic E-state index is 14.6. The third kappa shape index (κ3) is 6.35. The summed E-state index contributed by atoms with van der Waals surface area (Å²) in [7, 11) is 0. The zero-order chi connectivity index (χ0) is 21.6. The summed E-state index contributed by atoms with van der Waals surface area (Å²) in [5.41, 5.74) is 11.9. The van der Waals surface area contributed by atoms with Crippen LogP contribution in [0.15, 0.2) is 53.6 Å². The van der Waals surface area contributed by atoms with Crippen LogP contribution in [0.3, 0.4) is 0 Å². The lowest BCUT2D eigenvalue weighted by atomic mass is 10.0. The first kappa shape index (κ1) is 22.0. The second-order valence-corrected chi connectivity index (χ2v) is 6.85. The number of allylic oxidation sites excluding steroid dienone is 1. The molecule has 0 saturated heterocycles. The van der Waals surface area contributed by atoms with Gasteiger partial charge in [-0.05, 0) is 30.7 Å². The van der Waals surface area contributed by atoms with E-state index in [1.54, 1.807) is 6.92 Å². The average Bonchev–Trinajstić information content (AvgIpc) is 2.63. The van der Waals surface area contributed by atoms with Crippen LogP contribution >= 0.6 is 12.6 Å². The van der Waals surface area contributed by atoms with Gasteiger partial charge in [-0.15, -0.1) is 12.6 Å². The Hall–Kier alpha value is -3.33. The molecule has 2 rings (SSSR count). The Kier molecular flexibility index (Phi) is 7.38. The average molecular weight is 415 g/mol. The van der Waals surface area contributed by atoms with Gasteiger partial charge in [-0.1, -0.05) is 30.3 Å². The molecule has 0 aliphatic heterocycles. The number of halogens is 1. The maximum Gasteiger partial charge on any atom is 0.250 e. The molecule has 0 spiro atoms. The molecule has 9 heteroatoms. The van der Waals surface area contributed by atoms with E-state index in [1.807, 2.05) is 30.3 Å². The van der Waals surface area contributed by atoms with Gasteiger partial charge in [0.1, 0.15) is 11.9 Å². The molecule has 0 aromatic heterocycles. The Bertz CT molecular complexity index is 963. The molecule has 0 bridgehead atoms. The van der Waals surface area contributed by atoms with E-state index in [2.05, 4.69) is 23.3 Å². The lowest BCUT2D eigenvalue weighted by Crippen LogP contribution is -2.37. The molecule has 7 N–H and O–H groups in total. The molecule has 152 valence electrons. The van der Waals surface area contributed by atoms with Crippen molar-refractivity contribution in [1.82, 2.24) is 0 Å². The zero-order valence-electron chi connectivity index (χ0n) is 15.7. The van der Waals surface area contributed by atoms with E-state index in [4.69, 9.17) is 16.9 Å². The second-order valence-electron chi connectivity index (χ2n) is 6.37. The van der Waals surface area contributed by atoms with Crippen LogP contribution in [0.2, 0.25) is 0 Å². The summed E-state index contributed by atoms with van der Waals surface area (Å²) in [5.74, 6) is -2.27. The van der Waals surface area contributed by atoms with Crippen molar-refractivity contribution in [2.45, 2.75) is 19.4 Å². The summed E-state index contributed by atoms with van der Waals surface area (Å²) in [4.78, 5) is 23.6. The fourth-order valence-electron chi connectivity index (χ4n) is 2.63. The van der Waals surface area contributed by atoms with E-state index >= 15 is 0 Å². The third-order valence-electron chi connectivity index (χ3n) is 3.94. The van der Waals surface area contributed by atoms with Crippen molar-refractivity contribution in [3.8, 4) is 0 Å². The number of hydrogen-bond donors (Lipinski definition) is 6. The van der Waals surface area contributed by atoms with Crippen molar-refractivity contribution in [1.29, 1.82) is 5.41 Å². The van der Waals surface area contributed by atoms with Crippen LogP contribution in [-0.4, -0.2) is 23.6 Å². The molecule has 0 aliphatic rings. The predicted octanol–water partition coefficient (Wildman–Crippen LogP) is 2.66. The number of rotatable bonds is 9. The van der Waals surface area contributed by atoms with Gasteiger partial charge in [0.05, 0.1) is 22.0 Å². The Morgan fingerprint density at radius 1 is 1.21 bits per heavy atom. The number of carbonyl (C=O) groups is 2. The van der Waals surface area contributed by atoms with Crippen LogP contribution < -0.4 is 22.1 Å². The molecule has 2 aromatic rings. The normalized spacial score (nSPS) is 12.2. The first-order valence-corrected chi connectivity index (χ1v) is 9.08. The number of amides is 2. The molecule has 7 nitrogen and oxygen atoms in total. The summed E-state index contributed by atoms with van der Waals surface area (Å²) in [6.07, 6.45) is 1.66. The van der Waals surface area contributed by atoms with Crippen LogP contribution in [0.4, 0.5) is 15.8 Å². The van der Waals surface area contributed by atoms with Gasteiger partial charge < -0.3 is 27.5 Å². The van der Waals surface area contributed by atoms with Crippen LogP contribution in [0, 0.1) is 11.2 Å². The Morgan fingerprint density at radius 2 is 1.86 bits per heavy atom. The molecule has 0 saturated carbocycles. The summed E-state index contributed by atoms with van der Waals surface area (Å²) in [5, 5.41) is 13.3. The molecule has 2 aromatic carbocycles. The van der Waals surface area contributed by atoms with Gasteiger partial charge in [0.2, 0.25) is 5.91 Å². The van der Waals surface area contributed by atoms with Crippen molar-refractivity contribution in [2.24, 2.45) is 11.5 Å². The summed E-state index contributed by atoms with van der Waals surface area (Å²) in [6.45, 7) is 1.55. The number of hydrogen-bond acceptors (Lipinski definition) is 6. The van der Waals surface area contributed by atoms with Crippen molar-refractivity contribution >= 4 is 41.5 Å². The van der Waals surface area contributed by atoms with Crippen LogP contribution in [0.1, 0.15) is 22.8 Å². The Morgan fingerprint density at radius 3 is 2.41 bits per heavy atom. The molecule has 0 radical (unpaired) electrons. The first-order valence-electron chi connectivity index (χ1n) is 8.63. The van der Waals surface area contributed by atoms with Gasteiger partial charge in [-0.3, -0.25) is 9.59 Å². The lowest BCUT2D eigenvalue weighted by Gasteiger charge is -2.19. The summed E-state index contributed by atoms with van der Waals surface area (Å²) < 4.78 is 14.6. The minimum Gasteiger partial charge on any atom is -0.371 e. The Balaban J connectivity index is 2.37. The smallest absolute Gasteiger partial charge is 0.250 e.